The van der Waals surface area contributed by atoms with Gasteiger partial charge in [0.05, 0.1) is 19.5 Å². The maximum absolute atomic E-state index is 4.78. The van der Waals surface area contributed by atoms with E-state index in [2.05, 4.69) is 46.1 Å². The number of piperidine rings is 1. The molecule has 3 heterocycles. The van der Waals surface area contributed by atoms with E-state index in [1.165, 1.54) is 24.2 Å². The second kappa shape index (κ2) is 4.40. The molecule has 5 heteroatoms. The van der Waals surface area contributed by atoms with Gasteiger partial charge in [-0.05, 0) is 33.0 Å². The zero-order valence-corrected chi connectivity index (χ0v) is 12.4. The Morgan fingerprint density at radius 1 is 1.39 bits per heavy atom. The van der Waals surface area contributed by atoms with Gasteiger partial charge in [-0.3, -0.25) is 4.99 Å². The number of halogens is 1. The Labute approximate surface area is 116 Å². The van der Waals surface area contributed by atoms with Gasteiger partial charge >= 0.3 is 0 Å². The highest BCUT2D eigenvalue weighted by Crippen LogP contribution is 2.38. The summed E-state index contributed by atoms with van der Waals surface area (Å²) in [4.78, 5) is 11.4. The van der Waals surface area contributed by atoms with Crippen LogP contribution in [-0.2, 0) is 0 Å². The van der Waals surface area contributed by atoms with Crippen LogP contribution in [0.25, 0.3) is 0 Å². The van der Waals surface area contributed by atoms with Gasteiger partial charge in [0, 0.05) is 21.8 Å². The third-order valence-corrected chi connectivity index (χ3v) is 5.03. The molecule has 4 nitrogen and oxygen atoms in total. The van der Waals surface area contributed by atoms with Crippen molar-refractivity contribution in [3.63, 3.8) is 0 Å². The molecule has 1 unspecified atom stereocenters. The van der Waals surface area contributed by atoms with E-state index in [1.54, 1.807) is 0 Å². The fourth-order valence-corrected chi connectivity index (χ4v) is 3.29. The third-order valence-electron chi connectivity index (χ3n) is 4.11. The molecule has 96 valence electrons. The standard InChI is InChI=1S/C13H18BrN4/c1-17-6-3-10(4-7-17)12-11-9-15-5-8-18(11,2)13(14)16-12/h5,8-10H,3-4,6-7H2,1-2H3/q+1. The number of hydrogen-bond donors (Lipinski definition) is 0. The van der Waals surface area contributed by atoms with Crippen molar-refractivity contribution >= 4 is 26.9 Å². The minimum Gasteiger partial charge on any atom is -0.306 e. The van der Waals surface area contributed by atoms with E-state index in [4.69, 9.17) is 4.99 Å². The smallest absolute Gasteiger partial charge is 0.281 e. The molecule has 0 aromatic carbocycles. The highest BCUT2D eigenvalue weighted by molar-refractivity contribution is 9.18. The molecule has 0 aliphatic carbocycles. The molecule has 0 aromatic rings. The highest BCUT2D eigenvalue weighted by atomic mass is 79.9. The average Bonchev–Trinajstić information content (AvgIpc) is 2.63. The van der Waals surface area contributed by atoms with Crippen molar-refractivity contribution in [3.05, 3.63) is 23.8 Å². The van der Waals surface area contributed by atoms with Gasteiger partial charge in [0.15, 0.2) is 5.70 Å². The Balaban J connectivity index is 1.94. The van der Waals surface area contributed by atoms with Crippen LogP contribution >= 0.6 is 15.9 Å². The Kier molecular flexibility index (Phi) is 3.00. The van der Waals surface area contributed by atoms with Crippen LogP contribution in [0.3, 0.4) is 0 Å². The fourth-order valence-electron chi connectivity index (χ4n) is 2.79. The monoisotopic (exact) mass is 309 g/mol. The van der Waals surface area contributed by atoms with Gasteiger partial charge in [0.1, 0.15) is 11.9 Å². The average molecular weight is 310 g/mol. The lowest BCUT2D eigenvalue weighted by Gasteiger charge is -2.29. The largest absolute Gasteiger partial charge is 0.306 e. The van der Waals surface area contributed by atoms with Crippen molar-refractivity contribution in [1.29, 1.82) is 0 Å². The number of allylic oxidation sites excluding steroid dienone is 2. The number of rotatable bonds is 1. The van der Waals surface area contributed by atoms with Crippen LogP contribution in [0.4, 0.5) is 0 Å². The Bertz CT molecular complexity index is 483. The SMILES string of the molecule is CN1CCC(C2=C3C=NC=C[N+]3(C)C(Br)=N2)CC1. The third kappa shape index (κ3) is 1.81. The first-order valence-electron chi connectivity index (χ1n) is 6.36. The lowest BCUT2D eigenvalue weighted by atomic mass is 9.92. The summed E-state index contributed by atoms with van der Waals surface area (Å²) >= 11 is 3.61. The van der Waals surface area contributed by atoms with E-state index in [0.29, 0.717) is 10.4 Å². The number of hydrogen-bond acceptors (Lipinski definition) is 3. The van der Waals surface area contributed by atoms with Gasteiger partial charge in [-0.2, -0.15) is 4.99 Å². The lowest BCUT2D eigenvalue weighted by molar-refractivity contribution is -0.709. The van der Waals surface area contributed by atoms with E-state index < -0.39 is 0 Å². The summed E-state index contributed by atoms with van der Waals surface area (Å²) in [6, 6.07) is 0. The lowest BCUT2D eigenvalue weighted by Crippen LogP contribution is -2.40. The van der Waals surface area contributed by atoms with E-state index >= 15 is 0 Å². The molecule has 3 aliphatic rings. The van der Waals surface area contributed by atoms with Crippen molar-refractivity contribution in [2.45, 2.75) is 12.8 Å². The Morgan fingerprint density at radius 2 is 2.11 bits per heavy atom. The van der Waals surface area contributed by atoms with Gasteiger partial charge in [-0.1, -0.05) is 0 Å². The summed E-state index contributed by atoms with van der Waals surface area (Å²) in [6.07, 6.45) is 8.27. The molecule has 1 atom stereocenters. The summed E-state index contributed by atoms with van der Waals surface area (Å²) in [5, 5.41) is 0. The van der Waals surface area contributed by atoms with Crippen molar-refractivity contribution in [3.8, 4) is 0 Å². The molecule has 0 bridgehead atoms. The van der Waals surface area contributed by atoms with Crippen LogP contribution in [0.15, 0.2) is 33.8 Å². The molecule has 3 aliphatic heterocycles. The summed E-state index contributed by atoms with van der Waals surface area (Å²) in [5.41, 5.74) is 2.45. The van der Waals surface area contributed by atoms with Crippen LogP contribution < -0.4 is 0 Å². The zero-order chi connectivity index (χ0) is 12.8. The number of likely N-dealkylation sites (tertiary alicyclic amines) is 1. The molecule has 1 saturated heterocycles. The molecule has 0 aromatic heterocycles. The maximum Gasteiger partial charge on any atom is 0.281 e. The number of fused-ring (bicyclic) bond motifs is 1. The van der Waals surface area contributed by atoms with Crippen molar-refractivity contribution in [1.82, 2.24) is 4.90 Å². The van der Waals surface area contributed by atoms with Gasteiger partial charge < -0.3 is 4.90 Å². The highest BCUT2D eigenvalue weighted by Gasteiger charge is 2.42. The number of quaternary nitrogens is 1. The van der Waals surface area contributed by atoms with Gasteiger partial charge in [-0.25, -0.2) is 4.48 Å². The number of aliphatic imine (C=N–C) groups is 2. The topological polar surface area (TPSA) is 28.0 Å². The minimum absolute atomic E-state index is 0.571. The molecule has 0 amide bonds. The van der Waals surface area contributed by atoms with E-state index in [9.17, 15) is 0 Å². The van der Waals surface area contributed by atoms with E-state index in [-0.39, 0.29) is 0 Å². The Morgan fingerprint density at radius 3 is 2.83 bits per heavy atom. The first-order valence-corrected chi connectivity index (χ1v) is 7.16. The maximum atomic E-state index is 4.78. The summed E-state index contributed by atoms with van der Waals surface area (Å²) < 4.78 is 1.60. The molecule has 0 spiro atoms. The second-order valence-electron chi connectivity index (χ2n) is 5.38. The molecular weight excluding hydrogens is 292 g/mol. The predicted molar refractivity (Wildman–Crippen MR) is 77.4 cm³/mol. The molecule has 1 fully saturated rings. The molecule has 0 N–H and O–H groups in total. The number of amidine groups is 1. The van der Waals surface area contributed by atoms with Crippen LogP contribution in [0.2, 0.25) is 0 Å². The van der Waals surface area contributed by atoms with Crippen molar-refractivity contribution < 1.29 is 4.48 Å². The van der Waals surface area contributed by atoms with Crippen LogP contribution in [0.5, 0.6) is 0 Å². The molecule has 0 radical (unpaired) electrons. The van der Waals surface area contributed by atoms with Crippen molar-refractivity contribution in [2.24, 2.45) is 15.9 Å². The molecule has 18 heavy (non-hydrogen) atoms. The minimum atomic E-state index is 0.571. The molecule has 3 rings (SSSR count). The van der Waals surface area contributed by atoms with Crippen LogP contribution in [0, 0.1) is 5.92 Å². The van der Waals surface area contributed by atoms with E-state index in [0.717, 1.165) is 17.8 Å². The van der Waals surface area contributed by atoms with Crippen LogP contribution in [-0.4, -0.2) is 47.5 Å². The fraction of sp³-hybridized carbons (Fsp3) is 0.538. The number of nitrogens with zero attached hydrogens (tertiary/aromatic N) is 4. The summed E-state index contributed by atoms with van der Waals surface area (Å²) in [7, 11) is 4.33. The summed E-state index contributed by atoms with van der Waals surface area (Å²) in [5.74, 6) is 0.571. The van der Waals surface area contributed by atoms with E-state index in [1.807, 2.05) is 12.4 Å². The summed E-state index contributed by atoms with van der Waals surface area (Å²) in [6.45, 7) is 2.32. The first kappa shape index (κ1) is 12.3. The normalized spacial score (nSPS) is 32.9. The molecular formula is C13H18BrN4+. The zero-order valence-electron chi connectivity index (χ0n) is 10.8. The van der Waals surface area contributed by atoms with Crippen molar-refractivity contribution in [2.75, 3.05) is 27.2 Å². The predicted octanol–water partition coefficient (Wildman–Crippen LogP) is 2.31. The van der Waals surface area contributed by atoms with Gasteiger partial charge in [-0.15, -0.1) is 0 Å². The van der Waals surface area contributed by atoms with Gasteiger partial charge in [0.2, 0.25) is 0 Å². The second-order valence-corrected chi connectivity index (χ2v) is 6.09. The van der Waals surface area contributed by atoms with Gasteiger partial charge in [0.25, 0.3) is 4.74 Å². The van der Waals surface area contributed by atoms with Crippen LogP contribution in [0.1, 0.15) is 12.8 Å². The first-order chi connectivity index (χ1) is 8.61. The Hall–Kier alpha value is -0.780. The molecule has 0 saturated carbocycles. The quantitative estimate of drug-likeness (QED) is 0.539.